The Morgan fingerprint density at radius 2 is 2.00 bits per heavy atom. The van der Waals surface area contributed by atoms with E-state index in [0.29, 0.717) is 5.69 Å². The zero-order valence-corrected chi connectivity index (χ0v) is 15.9. The summed E-state index contributed by atoms with van der Waals surface area (Å²) in [5, 5.41) is 3.88. The zero-order valence-electron chi connectivity index (χ0n) is 15.9. The van der Waals surface area contributed by atoms with E-state index in [1.807, 2.05) is 52.0 Å². The Balaban J connectivity index is 1.97. The Morgan fingerprint density at radius 1 is 1.31 bits per heavy atom. The standard InChI is InChI=1S/C21H26N2O3/c1-6-14-7-8-15-12-16(13-22-18(24)21(5)9-10-21)23(17(15)11-14)19(25)26-20(2,3)4/h6-8,11-12H,1,9-10,13H2,2-5H3,(H,22,24). The van der Waals surface area contributed by atoms with E-state index in [2.05, 4.69) is 11.9 Å². The van der Waals surface area contributed by atoms with Crippen LogP contribution in [0.3, 0.4) is 0 Å². The molecule has 3 rings (SSSR count). The third-order valence-corrected chi connectivity index (χ3v) is 4.69. The van der Waals surface area contributed by atoms with E-state index in [1.165, 1.54) is 0 Å². The molecular weight excluding hydrogens is 328 g/mol. The molecule has 1 aromatic carbocycles. The van der Waals surface area contributed by atoms with E-state index in [4.69, 9.17) is 4.74 Å². The third-order valence-electron chi connectivity index (χ3n) is 4.69. The highest BCUT2D eigenvalue weighted by Crippen LogP contribution is 2.45. The second-order valence-corrected chi connectivity index (χ2v) is 8.22. The van der Waals surface area contributed by atoms with Gasteiger partial charge in [-0.3, -0.25) is 4.79 Å². The highest BCUT2D eigenvalue weighted by atomic mass is 16.6. The van der Waals surface area contributed by atoms with Crippen LogP contribution in [0.1, 0.15) is 51.8 Å². The fourth-order valence-electron chi connectivity index (χ4n) is 2.85. The summed E-state index contributed by atoms with van der Waals surface area (Å²) in [5.41, 5.74) is 1.51. The predicted molar refractivity (Wildman–Crippen MR) is 103 cm³/mol. The molecule has 0 bridgehead atoms. The van der Waals surface area contributed by atoms with E-state index >= 15 is 0 Å². The topological polar surface area (TPSA) is 60.3 Å². The number of carbonyl (C=O) groups excluding carboxylic acids is 2. The number of fused-ring (bicyclic) bond motifs is 1. The lowest BCUT2D eigenvalue weighted by Crippen LogP contribution is -2.32. The third kappa shape index (κ3) is 3.66. The number of ether oxygens (including phenoxy) is 1. The van der Waals surface area contributed by atoms with Crippen molar-refractivity contribution in [3.05, 3.63) is 42.1 Å². The first kappa shape index (κ1) is 18.2. The summed E-state index contributed by atoms with van der Waals surface area (Å²) in [6.45, 7) is 11.5. The van der Waals surface area contributed by atoms with Crippen LogP contribution in [-0.2, 0) is 16.1 Å². The van der Waals surface area contributed by atoms with Crippen LogP contribution >= 0.6 is 0 Å². The van der Waals surface area contributed by atoms with E-state index in [1.54, 1.807) is 10.6 Å². The van der Waals surface area contributed by atoms with Gasteiger partial charge in [0, 0.05) is 16.5 Å². The molecule has 1 heterocycles. The quantitative estimate of drug-likeness (QED) is 0.880. The SMILES string of the molecule is C=Cc1ccc2cc(CNC(=O)C3(C)CC3)n(C(=O)OC(C)(C)C)c2c1. The van der Waals surface area contributed by atoms with Gasteiger partial charge in [-0.2, -0.15) is 0 Å². The molecule has 5 heteroatoms. The largest absolute Gasteiger partial charge is 0.443 e. The minimum Gasteiger partial charge on any atom is -0.443 e. The first-order chi connectivity index (χ1) is 12.1. The van der Waals surface area contributed by atoms with Crippen LogP contribution in [0.4, 0.5) is 4.79 Å². The normalized spacial score (nSPS) is 15.5. The van der Waals surface area contributed by atoms with Gasteiger partial charge in [0.1, 0.15) is 5.60 Å². The number of hydrogen-bond acceptors (Lipinski definition) is 3. The fraction of sp³-hybridized carbons (Fsp3) is 0.429. The number of nitrogens with one attached hydrogen (secondary N) is 1. The number of benzene rings is 1. The van der Waals surface area contributed by atoms with E-state index in [0.717, 1.165) is 29.3 Å². The molecule has 0 unspecified atom stereocenters. The van der Waals surface area contributed by atoms with Crippen LogP contribution in [0.25, 0.3) is 17.0 Å². The Bertz CT molecular complexity index is 883. The first-order valence-electron chi connectivity index (χ1n) is 8.91. The molecule has 0 radical (unpaired) electrons. The minimum atomic E-state index is -0.605. The van der Waals surface area contributed by atoms with Crippen molar-refractivity contribution < 1.29 is 14.3 Å². The molecule has 1 aromatic heterocycles. The summed E-state index contributed by atoms with van der Waals surface area (Å²) in [7, 11) is 0. The molecular formula is C21H26N2O3. The second kappa shape index (κ2) is 6.31. The average molecular weight is 354 g/mol. The van der Waals surface area contributed by atoms with Crippen molar-refractivity contribution in [2.45, 2.75) is 52.7 Å². The Morgan fingerprint density at radius 3 is 2.58 bits per heavy atom. The summed E-state index contributed by atoms with van der Waals surface area (Å²) < 4.78 is 7.12. The number of amides is 1. The van der Waals surface area contributed by atoms with E-state index in [9.17, 15) is 9.59 Å². The number of hydrogen-bond donors (Lipinski definition) is 1. The number of nitrogens with zero attached hydrogens (tertiary/aromatic N) is 1. The molecule has 0 saturated heterocycles. The molecule has 0 spiro atoms. The summed E-state index contributed by atoms with van der Waals surface area (Å²) in [5.74, 6) is 0.0327. The number of rotatable bonds is 4. The van der Waals surface area contributed by atoms with Crippen LogP contribution in [0, 0.1) is 5.41 Å². The lowest BCUT2D eigenvalue weighted by atomic mass is 10.1. The van der Waals surface area contributed by atoms with Gasteiger partial charge in [-0.05, 0) is 51.3 Å². The fourth-order valence-corrected chi connectivity index (χ4v) is 2.85. The van der Waals surface area contributed by atoms with Crippen LogP contribution in [0.2, 0.25) is 0 Å². The van der Waals surface area contributed by atoms with Gasteiger partial charge in [0.25, 0.3) is 0 Å². The molecule has 1 saturated carbocycles. The molecule has 0 atom stereocenters. The van der Waals surface area contributed by atoms with Gasteiger partial charge in [0.2, 0.25) is 5.91 Å². The maximum atomic E-state index is 12.8. The molecule has 1 aliphatic rings. The Kier molecular flexibility index (Phi) is 4.42. The van der Waals surface area contributed by atoms with Crippen molar-refractivity contribution >= 4 is 29.0 Å². The van der Waals surface area contributed by atoms with Crippen molar-refractivity contribution in [2.75, 3.05) is 0 Å². The summed E-state index contributed by atoms with van der Waals surface area (Å²) in [6, 6.07) is 7.71. The molecule has 1 fully saturated rings. The molecule has 1 aliphatic carbocycles. The zero-order chi connectivity index (χ0) is 19.1. The Hall–Kier alpha value is -2.56. The van der Waals surface area contributed by atoms with Gasteiger partial charge < -0.3 is 10.1 Å². The maximum Gasteiger partial charge on any atom is 0.419 e. The smallest absolute Gasteiger partial charge is 0.419 e. The van der Waals surface area contributed by atoms with Crippen molar-refractivity contribution in [2.24, 2.45) is 5.41 Å². The van der Waals surface area contributed by atoms with Gasteiger partial charge in [-0.15, -0.1) is 0 Å². The molecule has 26 heavy (non-hydrogen) atoms. The van der Waals surface area contributed by atoms with Crippen molar-refractivity contribution in [3.63, 3.8) is 0 Å². The lowest BCUT2D eigenvalue weighted by Gasteiger charge is -2.21. The first-order valence-corrected chi connectivity index (χ1v) is 8.91. The predicted octanol–water partition coefficient (Wildman–Crippen LogP) is 4.48. The van der Waals surface area contributed by atoms with Crippen molar-refractivity contribution in [3.8, 4) is 0 Å². The van der Waals surface area contributed by atoms with Gasteiger partial charge in [0.05, 0.1) is 12.1 Å². The van der Waals surface area contributed by atoms with E-state index < -0.39 is 11.7 Å². The second-order valence-electron chi connectivity index (χ2n) is 8.22. The van der Waals surface area contributed by atoms with Crippen LogP contribution in [0.5, 0.6) is 0 Å². The highest BCUT2D eigenvalue weighted by molar-refractivity contribution is 5.92. The number of aromatic nitrogens is 1. The molecule has 5 nitrogen and oxygen atoms in total. The summed E-state index contributed by atoms with van der Waals surface area (Å²) >= 11 is 0. The summed E-state index contributed by atoms with van der Waals surface area (Å²) in [6.07, 6.45) is 3.12. The maximum absolute atomic E-state index is 12.8. The van der Waals surface area contributed by atoms with Gasteiger partial charge in [-0.1, -0.05) is 31.7 Å². The summed E-state index contributed by atoms with van der Waals surface area (Å²) in [4.78, 5) is 25.1. The molecule has 1 N–H and O–H groups in total. The molecule has 0 aliphatic heterocycles. The number of carbonyl (C=O) groups is 2. The lowest BCUT2D eigenvalue weighted by molar-refractivity contribution is -0.125. The van der Waals surface area contributed by atoms with Gasteiger partial charge >= 0.3 is 6.09 Å². The van der Waals surface area contributed by atoms with Crippen molar-refractivity contribution in [1.29, 1.82) is 0 Å². The van der Waals surface area contributed by atoms with Crippen molar-refractivity contribution in [1.82, 2.24) is 9.88 Å². The van der Waals surface area contributed by atoms with Crippen LogP contribution in [0.15, 0.2) is 30.8 Å². The minimum absolute atomic E-state index is 0.0327. The van der Waals surface area contributed by atoms with E-state index in [-0.39, 0.29) is 17.9 Å². The van der Waals surface area contributed by atoms with Gasteiger partial charge in [0.15, 0.2) is 0 Å². The van der Waals surface area contributed by atoms with Crippen LogP contribution < -0.4 is 5.32 Å². The molecule has 138 valence electrons. The monoisotopic (exact) mass is 354 g/mol. The van der Waals surface area contributed by atoms with Crippen LogP contribution in [-0.4, -0.2) is 22.2 Å². The Labute approximate surface area is 154 Å². The average Bonchev–Trinajstić information content (AvgIpc) is 3.20. The van der Waals surface area contributed by atoms with Gasteiger partial charge in [-0.25, -0.2) is 9.36 Å². The highest BCUT2D eigenvalue weighted by Gasteiger charge is 2.44. The molecule has 2 aromatic rings. The molecule has 1 amide bonds.